The van der Waals surface area contributed by atoms with Crippen molar-refractivity contribution < 1.29 is 8.42 Å². The number of hydrogen-bond donors (Lipinski definition) is 1. The zero-order chi connectivity index (χ0) is 21.6. The lowest BCUT2D eigenvalue weighted by Crippen LogP contribution is -2.15. The second-order valence-corrected chi connectivity index (χ2v) is 9.39. The monoisotopic (exact) mass is 420 g/mol. The van der Waals surface area contributed by atoms with Crippen LogP contribution in [0.1, 0.15) is 28.1 Å². The molecule has 0 amide bonds. The summed E-state index contributed by atoms with van der Waals surface area (Å²) in [6, 6.07) is 13.0. The molecule has 0 atom stereocenters. The molecule has 0 spiro atoms. The highest BCUT2D eigenvalue weighted by atomic mass is 32.2. The summed E-state index contributed by atoms with van der Waals surface area (Å²) in [5.74, 6) is 0. The van der Waals surface area contributed by atoms with Gasteiger partial charge in [0, 0.05) is 17.0 Å². The van der Waals surface area contributed by atoms with Crippen molar-refractivity contribution in [3.63, 3.8) is 0 Å². The van der Waals surface area contributed by atoms with Crippen LogP contribution >= 0.6 is 0 Å². The minimum absolute atomic E-state index is 0.240. The molecule has 2 heterocycles. The summed E-state index contributed by atoms with van der Waals surface area (Å²) in [5.41, 5.74) is 7.34. The van der Waals surface area contributed by atoms with Crippen molar-refractivity contribution >= 4 is 21.4 Å². The van der Waals surface area contributed by atoms with Crippen LogP contribution in [0.5, 0.6) is 0 Å². The van der Waals surface area contributed by atoms with Crippen LogP contribution in [-0.4, -0.2) is 23.0 Å². The van der Waals surface area contributed by atoms with Crippen molar-refractivity contribution in [3.8, 4) is 11.1 Å². The predicted octanol–water partition coefficient (Wildman–Crippen LogP) is 4.74. The van der Waals surface area contributed by atoms with Crippen molar-refractivity contribution in [2.45, 2.75) is 39.5 Å². The molecule has 2 aromatic carbocycles. The Labute approximate surface area is 176 Å². The van der Waals surface area contributed by atoms with Crippen LogP contribution in [0.4, 0.5) is 5.69 Å². The van der Waals surface area contributed by atoms with Crippen molar-refractivity contribution in [1.82, 2.24) is 14.6 Å². The van der Waals surface area contributed by atoms with E-state index >= 15 is 0 Å². The van der Waals surface area contributed by atoms with E-state index in [1.54, 1.807) is 29.8 Å². The Morgan fingerprint density at radius 3 is 2.40 bits per heavy atom. The number of fused-ring (bicyclic) bond motifs is 1. The predicted molar refractivity (Wildman–Crippen MR) is 119 cm³/mol. The molecule has 0 unspecified atom stereocenters. The summed E-state index contributed by atoms with van der Waals surface area (Å²) < 4.78 is 30.9. The lowest BCUT2D eigenvalue weighted by molar-refractivity contribution is 0.600. The van der Waals surface area contributed by atoms with Gasteiger partial charge in [-0.2, -0.15) is 5.10 Å². The Kier molecular flexibility index (Phi) is 4.86. The second-order valence-electron chi connectivity index (χ2n) is 7.74. The standard InChI is InChI=1S/C23H24N4O2S/c1-14-6-9-21(16(3)10-14)26-30(28,29)22-12-19(8-7-15(22)2)20-13-24-27-18(5)11-17(4)25-23(20)27/h6-13,26H,1-5H3. The van der Waals surface area contributed by atoms with E-state index in [-0.39, 0.29) is 4.90 Å². The number of benzene rings is 2. The number of anilines is 1. The van der Waals surface area contributed by atoms with Gasteiger partial charge in [0.25, 0.3) is 10.0 Å². The van der Waals surface area contributed by atoms with Crippen LogP contribution in [0.3, 0.4) is 0 Å². The summed E-state index contributed by atoms with van der Waals surface area (Å²) in [5, 5.41) is 4.43. The molecule has 1 N–H and O–H groups in total. The number of sulfonamides is 1. The second kappa shape index (κ2) is 7.25. The summed E-state index contributed by atoms with van der Waals surface area (Å²) in [4.78, 5) is 4.85. The highest BCUT2D eigenvalue weighted by Crippen LogP contribution is 2.30. The number of nitrogens with zero attached hydrogens (tertiary/aromatic N) is 3. The average Bonchev–Trinajstić information content (AvgIpc) is 3.08. The Morgan fingerprint density at radius 1 is 0.900 bits per heavy atom. The number of nitrogens with one attached hydrogen (secondary N) is 1. The minimum Gasteiger partial charge on any atom is -0.279 e. The van der Waals surface area contributed by atoms with Gasteiger partial charge in [0.2, 0.25) is 0 Å². The molecule has 0 aliphatic carbocycles. The van der Waals surface area contributed by atoms with E-state index in [1.165, 1.54) is 0 Å². The fourth-order valence-corrected chi connectivity index (χ4v) is 5.06. The largest absolute Gasteiger partial charge is 0.279 e. The first-order chi connectivity index (χ1) is 14.2. The molecule has 4 aromatic rings. The molecule has 7 heteroatoms. The van der Waals surface area contributed by atoms with E-state index in [0.717, 1.165) is 33.6 Å². The van der Waals surface area contributed by atoms with Crippen LogP contribution in [0, 0.1) is 34.6 Å². The van der Waals surface area contributed by atoms with E-state index in [2.05, 4.69) is 14.8 Å². The van der Waals surface area contributed by atoms with Gasteiger partial charge in [-0.3, -0.25) is 4.72 Å². The van der Waals surface area contributed by atoms with E-state index in [0.29, 0.717) is 16.9 Å². The Morgan fingerprint density at radius 2 is 1.67 bits per heavy atom. The quantitative estimate of drug-likeness (QED) is 0.517. The van der Waals surface area contributed by atoms with Crippen LogP contribution in [-0.2, 0) is 10.0 Å². The maximum atomic E-state index is 13.2. The van der Waals surface area contributed by atoms with E-state index in [9.17, 15) is 8.42 Å². The molecule has 0 saturated carbocycles. The molecular weight excluding hydrogens is 396 g/mol. The van der Waals surface area contributed by atoms with Gasteiger partial charge in [0.1, 0.15) is 0 Å². The zero-order valence-corrected chi connectivity index (χ0v) is 18.5. The first kappa shape index (κ1) is 20.1. The van der Waals surface area contributed by atoms with Crippen LogP contribution in [0.15, 0.2) is 53.6 Å². The summed E-state index contributed by atoms with van der Waals surface area (Å²) in [7, 11) is -3.76. The zero-order valence-electron chi connectivity index (χ0n) is 17.7. The summed E-state index contributed by atoms with van der Waals surface area (Å²) >= 11 is 0. The molecule has 0 fully saturated rings. The van der Waals surface area contributed by atoms with Gasteiger partial charge < -0.3 is 0 Å². The van der Waals surface area contributed by atoms with Gasteiger partial charge in [-0.25, -0.2) is 17.9 Å². The Bertz CT molecular complexity index is 1390. The number of aromatic nitrogens is 3. The highest BCUT2D eigenvalue weighted by Gasteiger charge is 2.20. The minimum atomic E-state index is -3.76. The average molecular weight is 421 g/mol. The van der Waals surface area contributed by atoms with E-state index in [4.69, 9.17) is 0 Å². The smallest absolute Gasteiger partial charge is 0.262 e. The fraction of sp³-hybridized carbons (Fsp3) is 0.217. The third-order valence-electron chi connectivity index (χ3n) is 5.19. The molecule has 0 radical (unpaired) electrons. The lowest BCUT2D eigenvalue weighted by Gasteiger charge is -2.14. The SMILES string of the molecule is Cc1ccc(NS(=O)(=O)c2cc(-c3cnn4c(C)cc(C)nc34)ccc2C)c(C)c1. The molecule has 154 valence electrons. The fourth-order valence-electron chi connectivity index (χ4n) is 3.66. The van der Waals surface area contributed by atoms with E-state index in [1.807, 2.05) is 58.0 Å². The number of rotatable bonds is 4. The third kappa shape index (κ3) is 3.57. The molecule has 0 saturated heterocycles. The number of aryl methyl sites for hydroxylation is 5. The Balaban J connectivity index is 1.81. The van der Waals surface area contributed by atoms with Gasteiger partial charge >= 0.3 is 0 Å². The normalized spacial score (nSPS) is 11.8. The van der Waals surface area contributed by atoms with Crippen LogP contribution in [0.2, 0.25) is 0 Å². The molecular formula is C23H24N4O2S. The van der Waals surface area contributed by atoms with Gasteiger partial charge in [0.15, 0.2) is 5.65 Å². The molecule has 2 aromatic heterocycles. The maximum Gasteiger partial charge on any atom is 0.262 e. The molecule has 0 bridgehead atoms. The first-order valence-corrected chi connectivity index (χ1v) is 11.2. The molecule has 4 rings (SSSR count). The molecule has 0 aliphatic heterocycles. The Hall–Kier alpha value is -3.19. The van der Waals surface area contributed by atoms with Crippen molar-refractivity contribution in [1.29, 1.82) is 0 Å². The summed E-state index contributed by atoms with van der Waals surface area (Å²) in [6.07, 6.45) is 1.73. The van der Waals surface area contributed by atoms with E-state index < -0.39 is 10.0 Å². The van der Waals surface area contributed by atoms with Crippen molar-refractivity contribution in [2.75, 3.05) is 4.72 Å². The van der Waals surface area contributed by atoms with Gasteiger partial charge in [-0.15, -0.1) is 0 Å². The van der Waals surface area contributed by atoms with Gasteiger partial charge in [0.05, 0.1) is 16.8 Å². The maximum absolute atomic E-state index is 13.2. The van der Waals surface area contributed by atoms with Gasteiger partial charge in [-0.05, 0) is 69.5 Å². The highest BCUT2D eigenvalue weighted by molar-refractivity contribution is 7.92. The number of hydrogen-bond acceptors (Lipinski definition) is 4. The van der Waals surface area contributed by atoms with Crippen LogP contribution < -0.4 is 4.72 Å². The van der Waals surface area contributed by atoms with Gasteiger partial charge in [-0.1, -0.05) is 29.8 Å². The molecule has 30 heavy (non-hydrogen) atoms. The van der Waals surface area contributed by atoms with Crippen molar-refractivity contribution in [3.05, 3.63) is 76.7 Å². The molecule has 0 aliphatic rings. The lowest BCUT2D eigenvalue weighted by atomic mass is 10.1. The van der Waals surface area contributed by atoms with Crippen molar-refractivity contribution in [2.24, 2.45) is 0 Å². The first-order valence-electron chi connectivity index (χ1n) is 9.69. The summed E-state index contributed by atoms with van der Waals surface area (Å²) in [6.45, 7) is 9.57. The van der Waals surface area contributed by atoms with Crippen LogP contribution in [0.25, 0.3) is 16.8 Å². The molecule has 6 nitrogen and oxygen atoms in total. The topological polar surface area (TPSA) is 76.4 Å². The third-order valence-corrected chi connectivity index (χ3v) is 6.70.